The summed E-state index contributed by atoms with van der Waals surface area (Å²) in [5.41, 5.74) is 2.54. The van der Waals surface area contributed by atoms with Crippen molar-refractivity contribution in [1.29, 1.82) is 0 Å². The second-order valence-electron chi connectivity index (χ2n) is 5.86. The van der Waals surface area contributed by atoms with Gasteiger partial charge < -0.3 is 15.0 Å². The van der Waals surface area contributed by atoms with Crippen LogP contribution in [0.15, 0.2) is 18.5 Å². The van der Waals surface area contributed by atoms with E-state index in [4.69, 9.17) is 4.74 Å². The van der Waals surface area contributed by atoms with Crippen LogP contribution in [0.5, 0.6) is 0 Å². The first-order valence-corrected chi connectivity index (χ1v) is 7.62. The van der Waals surface area contributed by atoms with Crippen LogP contribution in [0.25, 0.3) is 0 Å². The molecule has 0 radical (unpaired) electrons. The largest absolute Gasteiger partial charge is 0.377 e. The molecule has 1 fully saturated rings. The number of piperidine rings is 1. The summed E-state index contributed by atoms with van der Waals surface area (Å²) >= 11 is 0. The summed E-state index contributed by atoms with van der Waals surface area (Å²) in [6.45, 7) is 8.38. The Morgan fingerprint density at radius 1 is 1.50 bits per heavy atom. The lowest BCUT2D eigenvalue weighted by atomic mass is 9.94. The smallest absolute Gasteiger partial charge is 0.0825 e. The number of ether oxygens (including phenoxy) is 1. The van der Waals surface area contributed by atoms with E-state index in [-0.39, 0.29) is 5.60 Å². The number of aromatic nitrogens is 1. The van der Waals surface area contributed by atoms with Crippen LogP contribution in [-0.4, -0.2) is 37.3 Å². The number of methoxy groups -OCH3 is 1. The SMILES string of the molecule is CCCNCc1ccncc1N1CCCC(C)(OC)C1. The monoisotopic (exact) mass is 277 g/mol. The summed E-state index contributed by atoms with van der Waals surface area (Å²) in [4.78, 5) is 6.73. The van der Waals surface area contributed by atoms with Gasteiger partial charge in [-0.05, 0) is 44.4 Å². The quantitative estimate of drug-likeness (QED) is 0.811. The highest BCUT2D eigenvalue weighted by Crippen LogP contribution is 2.29. The van der Waals surface area contributed by atoms with E-state index in [1.807, 2.05) is 19.5 Å². The number of nitrogens with zero attached hydrogens (tertiary/aromatic N) is 2. The molecule has 112 valence electrons. The first-order valence-electron chi connectivity index (χ1n) is 7.62. The second kappa shape index (κ2) is 7.04. The summed E-state index contributed by atoms with van der Waals surface area (Å²) < 4.78 is 5.69. The average molecular weight is 277 g/mol. The Balaban J connectivity index is 2.11. The summed E-state index contributed by atoms with van der Waals surface area (Å²) in [5, 5.41) is 3.48. The van der Waals surface area contributed by atoms with Gasteiger partial charge >= 0.3 is 0 Å². The molecule has 0 amide bonds. The van der Waals surface area contributed by atoms with Crippen LogP contribution in [0.1, 0.15) is 38.7 Å². The molecule has 1 aromatic rings. The van der Waals surface area contributed by atoms with Crippen LogP contribution in [0.4, 0.5) is 5.69 Å². The second-order valence-corrected chi connectivity index (χ2v) is 5.86. The van der Waals surface area contributed by atoms with Crippen molar-refractivity contribution >= 4 is 5.69 Å². The highest BCUT2D eigenvalue weighted by molar-refractivity contribution is 5.52. The molecule has 1 atom stereocenters. The third kappa shape index (κ3) is 3.70. The van der Waals surface area contributed by atoms with Crippen LogP contribution in [0, 0.1) is 0 Å². The van der Waals surface area contributed by atoms with Crippen LogP contribution in [0.2, 0.25) is 0 Å². The Kier molecular flexibility index (Phi) is 5.38. The van der Waals surface area contributed by atoms with Crippen molar-refractivity contribution in [3.05, 3.63) is 24.0 Å². The highest BCUT2D eigenvalue weighted by atomic mass is 16.5. The molecule has 2 heterocycles. The molecule has 0 bridgehead atoms. The molecule has 1 aliphatic heterocycles. The zero-order valence-corrected chi connectivity index (χ0v) is 13.0. The zero-order valence-electron chi connectivity index (χ0n) is 13.0. The van der Waals surface area contributed by atoms with Crippen molar-refractivity contribution < 1.29 is 4.74 Å². The molecule has 4 heteroatoms. The molecule has 1 unspecified atom stereocenters. The maximum atomic E-state index is 5.69. The fourth-order valence-electron chi connectivity index (χ4n) is 2.83. The van der Waals surface area contributed by atoms with Crippen molar-refractivity contribution in [2.24, 2.45) is 0 Å². The van der Waals surface area contributed by atoms with Crippen LogP contribution in [0.3, 0.4) is 0 Å². The lowest BCUT2D eigenvalue weighted by Crippen LogP contribution is -2.47. The molecule has 0 spiro atoms. The third-order valence-corrected chi connectivity index (χ3v) is 4.12. The first-order chi connectivity index (χ1) is 9.68. The van der Waals surface area contributed by atoms with E-state index < -0.39 is 0 Å². The van der Waals surface area contributed by atoms with Gasteiger partial charge in [-0.3, -0.25) is 4.98 Å². The topological polar surface area (TPSA) is 37.4 Å². The summed E-state index contributed by atoms with van der Waals surface area (Å²) in [6, 6.07) is 2.12. The first kappa shape index (κ1) is 15.3. The molecule has 1 aromatic heterocycles. The Morgan fingerprint density at radius 2 is 2.35 bits per heavy atom. The molecule has 4 nitrogen and oxygen atoms in total. The van der Waals surface area contributed by atoms with Gasteiger partial charge in [0.1, 0.15) is 0 Å². The van der Waals surface area contributed by atoms with Crippen LogP contribution < -0.4 is 10.2 Å². The van der Waals surface area contributed by atoms with Crippen molar-refractivity contribution in [2.45, 2.75) is 45.3 Å². The molecule has 1 N–H and O–H groups in total. The minimum atomic E-state index is -0.0395. The van der Waals surface area contributed by atoms with Gasteiger partial charge in [-0.25, -0.2) is 0 Å². The normalized spacial score (nSPS) is 23.1. The number of hydrogen-bond acceptors (Lipinski definition) is 4. The van der Waals surface area contributed by atoms with Crippen LogP contribution >= 0.6 is 0 Å². The Labute approximate surface area is 122 Å². The number of pyridine rings is 1. The average Bonchev–Trinajstić information content (AvgIpc) is 2.48. The Morgan fingerprint density at radius 3 is 3.10 bits per heavy atom. The van der Waals surface area contributed by atoms with Crippen molar-refractivity contribution in [2.75, 3.05) is 31.6 Å². The maximum absolute atomic E-state index is 5.69. The minimum Gasteiger partial charge on any atom is -0.377 e. The van der Waals surface area contributed by atoms with Crippen molar-refractivity contribution in [3.63, 3.8) is 0 Å². The van der Waals surface area contributed by atoms with E-state index in [9.17, 15) is 0 Å². The number of rotatable bonds is 6. The van der Waals surface area contributed by atoms with E-state index in [1.54, 1.807) is 0 Å². The minimum absolute atomic E-state index is 0.0395. The lowest BCUT2D eigenvalue weighted by Gasteiger charge is -2.41. The van der Waals surface area contributed by atoms with E-state index >= 15 is 0 Å². The third-order valence-electron chi connectivity index (χ3n) is 4.12. The van der Waals surface area contributed by atoms with Crippen LogP contribution in [-0.2, 0) is 11.3 Å². The molecular weight excluding hydrogens is 250 g/mol. The van der Waals surface area contributed by atoms with Crippen molar-refractivity contribution in [3.8, 4) is 0 Å². The highest BCUT2D eigenvalue weighted by Gasteiger charge is 2.31. The van der Waals surface area contributed by atoms with Gasteiger partial charge in [-0.15, -0.1) is 0 Å². The van der Waals surface area contributed by atoms with E-state index in [0.29, 0.717) is 0 Å². The molecular formula is C16H27N3O. The van der Waals surface area contributed by atoms with Crippen molar-refractivity contribution in [1.82, 2.24) is 10.3 Å². The standard InChI is InChI=1S/C16H27N3O/c1-4-8-17-11-14-6-9-18-12-15(14)19-10-5-7-16(2,13-19)20-3/h6,9,12,17H,4-5,7-8,10-11,13H2,1-3H3. The predicted molar refractivity (Wildman–Crippen MR) is 83.1 cm³/mol. The Hall–Kier alpha value is -1.13. The fraction of sp³-hybridized carbons (Fsp3) is 0.688. The van der Waals surface area contributed by atoms with Gasteiger partial charge in [0, 0.05) is 32.9 Å². The maximum Gasteiger partial charge on any atom is 0.0825 e. The van der Waals surface area contributed by atoms with E-state index in [2.05, 4.69) is 35.1 Å². The van der Waals surface area contributed by atoms with E-state index in [0.717, 1.165) is 39.0 Å². The molecule has 20 heavy (non-hydrogen) atoms. The Bertz CT molecular complexity index is 424. The summed E-state index contributed by atoms with van der Waals surface area (Å²) in [6.07, 6.45) is 7.33. The molecule has 0 saturated carbocycles. The van der Waals surface area contributed by atoms with Gasteiger partial charge in [-0.1, -0.05) is 6.92 Å². The van der Waals surface area contributed by atoms with Gasteiger partial charge in [0.15, 0.2) is 0 Å². The lowest BCUT2D eigenvalue weighted by molar-refractivity contribution is -0.00469. The van der Waals surface area contributed by atoms with Gasteiger partial charge in [0.2, 0.25) is 0 Å². The summed E-state index contributed by atoms with van der Waals surface area (Å²) in [5.74, 6) is 0. The summed E-state index contributed by atoms with van der Waals surface area (Å²) in [7, 11) is 1.82. The predicted octanol–water partition coefficient (Wildman–Crippen LogP) is 2.59. The molecule has 2 rings (SSSR count). The molecule has 1 aliphatic rings. The number of anilines is 1. The fourth-order valence-corrected chi connectivity index (χ4v) is 2.83. The number of hydrogen-bond donors (Lipinski definition) is 1. The van der Waals surface area contributed by atoms with Gasteiger partial charge in [0.05, 0.1) is 17.5 Å². The molecule has 1 saturated heterocycles. The molecule has 0 aromatic carbocycles. The van der Waals surface area contributed by atoms with Gasteiger partial charge in [0.25, 0.3) is 0 Å². The van der Waals surface area contributed by atoms with E-state index in [1.165, 1.54) is 17.7 Å². The number of nitrogens with one attached hydrogen (secondary N) is 1. The molecule has 0 aliphatic carbocycles. The zero-order chi connectivity index (χ0) is 14.4. The van der Waals surface area contributed by atoms with Gasteiger partial charge in [-0.2, -0.15) is 0 Å².